The first kappa shape index (κ1) is 15.3. The quantitative estimate of drug-likeness (QED) is 0.926. The van der Waals surface area contributed by atoms with Crippen molar-refractivity contribution in [2.75, 3.05) is 5.32 Å². The highest BCUT2D eigenvalue weighted by Crippen LogP contribution is 2.25. The van der Waals surface area contributed by atoms with Gasteiger partial charge in [-0.05, 0) is 52.3 Å². The Balaban J connectivity index is 2.15. The Morgan fingerprint density at radius 3 is 2.57 bits per heavy atom. The molecule has 4 nitrogen and oxygen atoms in total. The fourth-order valence-electron chi connectivity index (χ4n) is 1.94. The second kappa shape index (κ2) is 6.12. The third-order valence-corrected chi connectivity index (χ3v) is 2.87. The molecule has 0 atom stereocenters. The second-order valence-electron chi connectivity index (χ2n) is 6.20. The van der Waals surface area contributed by atoms with E-state index in [9.17, 15) is 0 Å². The van der Waals surface area contributed by atoms with E-state index in [4.69, 9.17) is 4.74 Å². The van der Waals surface area contributed by atoms with Crippen LogP contribution >= 0.6 is 0 Å². The Hall–Kier alpha value is -2.10. The average molecular weight is 285 g/mol. The summed E-state index contributed by atoms with van der Waals surface area (Å²) in [6, 6.07) is 8.12. The van der Waals surface area contributed by atoms with Gasteiger partial charge in [0.2, 0.25) is 5.95 Å². The van der Waals surface area contributed by atoms with Crippen molar-refractivity contribution in [3.05, 3.63) is 47.3 Å². The lowest BCUT2D eigenvalue weighted by atomic mass is 10.1. The number of anilines is 1. The van der Waals surface area contributed by atoms with Crippen LogP contribution in [0.5, 0.6) is 5.75 Å². The highest BCUT2D eigenvalue weighted by molar-refractivity contribution is 5.40. The van der Waals surface area contributed by atoms with E-state index in [1.54, 1.807) is 6.20 Å². The van der Waals surface area contributed by atoms with Gasteiger partial charge in [-0.15, -0.1) is 0 Å². The van der Waals surface area contributed by atoms with Gasteiger partial charge in [-0.3, -0.25) is 0 Å². The topological polar surface area (TPSA) is 47.0 Å². The normalized spacial score (nSPS) is 11.3. The minimum Gasteiger partial charge on any atom is -0.488 e. The molecule has 2 aromatic rings. The average Bonchev–Trinajstić information content (AvgIpc) is 2.36. The summed E-state index contributed by atoms with van der Waals surface area (Å²) in [7, 11) is 0. The van der Waals surface area contributed by atoms with Crippen LogP contribution in [-0.2, 0) is 6.54 Å². The molecule has 1 aromatic heterocycles. The van der Waals surface area contributed by atoms with Crippen molar-refractivity contribution in [2.45, 2.75) is 46.8 Å². The molecule has 1 aromatic carbocycles. The van der Waals surface area contributed by atoms with Crippen LogP contribution in [0.25, 0.3) is 0 Å². The zero-order chi connectivity index (χ0) is 15.5. The van der Waals surface area contributed by atoms with Gasteiger partial charge < -0.3 is 10.1 Å². The Labute approximate surface area is 126 Å². The molecule has 0 aliphatic carbocycles. The summed E-state index contributed by atoms with van der Waals surface area (Å²) in [6.45, 7) is 10.8. The van der Waals surface area contributed by atoms with E-state index >= 15 is 0 Å². The van der Waals surface area contributed by atoms with Gasteiger partial charge in [0, 0.05) is 24.0 Å². The predicted molar refractivity (Wildman–Crippen MR) is 85.7 cm³/mol. The van der Waals surface area contributed by atoms with E-state index in [0.717, 1.165) is 17.0 Å². The first-order chi connectivity index (χ1) is 9.83. The molecule has 0 amide bonds. The first-order valence-electron chi connectivity index (χ1n) is 7.15. The maximum Gasteiger partial charge on any atom is 0.223 e. The van der Waals surface area contributed by atoms with E-state index < -0.39 is 0 Å². The predicted octanol–water partition coefficient (Wildman–Crippen LogP) is 3.88. The standard InChI is InChI=1S/C17H23N3O/c1-12-6-7-14(15(10-12)21-17(3,4)5)11-19-16-18-9-8-13(2)20-16/h6-10H,11H2,1-5H3,(H,18,19,20). The highest BCUT2D eigenvalue weighted by atomic mass is 16.5. The van der Waals surface area contributed by atoms with Gasteiger partial charge in [-0.2, -0.15) is 0 Å². The van der Waals surface area contributed by atoms with Gasteiger partial charge in [0.15, 0.2) is 0 Å². The molecular weight excluding hydrogens is 262 g/mol. The molecule has 1 heterocycles. The number of aromatic nitrogens is 2. The molecule has 21 heavy (non-hydrogen) atoms. The SMILES string of the molecule is Cc1ccc(CNc2nccc(C)n2)c(OC(C)(C)C)c1. The van der Waals surface area contributed by atoms with E-state index in [0.29, 0.717) is 12.5 Å². The fourth-order valence-corrected chi connectivity index (χ4v) is 1.94. The van der Waals surface area contributed by atoms with Crippen LogP contribution in [0, 0.1) is 13.8 Å². The number of hydrogen-bond acceptors (Lipinski definition) is 4. The molecule has 0 fully saturated rings. The van der Waals surface area contributed by atoms with Crippen molar-refractivity contribution in [1.82, 2.24) is 9.97 Å². The zero-order valence-electron chi connectivity index (χ0n) is 13.4. The van der Waals surface area contributed by atoms with Gasteiger partial charge in [0.25, 0.3) is 0 Å². The van der Waals surface area contributed by atoms with Crippen molar-refractivity contribution >= 4 is 5.95 Å². The van der Waals surface area contributed by atoms with E-state index in [1.807, 2.05) is 13.0 Å². The third kappa shape index (κ3) is 4.74. The Morgan fingerprint density at radius 1 is 1.14 bits per heavy atom. The van der Waals surface area contributed by atoms with Crippen LogP contribution in [0.3, 0.4) is 0 Å². The first-order valence-corrected chi connectivity index (χ1v) is 7.15. The molecule has 0 radical (unpaired) electrons. The smallest absolute Gasteiger partial charge is 0.223 e. The van der Waals surface area contributed by atoms with E-state index in [-0.39, 0.29) is 5.60 Å². The number of hydrogen-bond donors (Lipinski definition) is 1. The molecule has 2 rings (SSSR count). The van der Waals surface area contributed by atoms with Gasteiger partial charge in [0.1, 0.15) is 11.4 Å². The molecule has 0 spiro atoms. The molecule has 0 aliphatic heterocycles. The largest absolute Gasteiger partial charge is 0.488 e. The minimum atomic E-state index is -0.220. The van der Waals surface area contributed by atoms with Crippen LogP contribution in [0.2, 0.25) is 0 Å². The molecule has 0 unspecified atom stereocenters. The van der Waals surface area contributed by atoms with Gasteiger partial charge in [-0.1, -0.05) is 12.1 Å². The van der Waals surface area contributed by atoms with E-state index in [2.05, 4.69) is 61.2 Å². The van der Waals surface area contributed by atoms with Crippen molar-refractivity contribution in [2.24, 2.45) is 0 Å². The molecule has 1 N–H and O–H groups in total. The summed E-state index contributed by atoms with van der Waals surface area (Å²) in [4.78, 5) is 8.56. The Bertz CT molecular complexity index is 618. The molecular formula is C17H23N3O. The number of ether oxygens (including phenoxy) is 1. The Morgan fingerprint density at radius 2 is 1.90 bits per heavy atom. The van der Waals surface area contributed by atoms with Gasteiger partial charge in [0.05, 0.1) is 0 Å². The van der Waals surface area contributed by atoms with Gasteiger partial charge in [-0.25, -0.2) is 9.97 Å². The Kier molecular flexibility index (Phi) is 4.46. The lowest BCUT2D eigenvalue weighted by Gasteiger charge is -2.23. The molecule has 0 aliphatic rings. The van der Waals surface area contributed by atoms with Crippen LogP contribution in [-0.4, -0.2) is 15.6 Å². The number of benzene rings is 1. The second-order valence-corrected chi connectivity index (χ2v) is 6.20. The lowest BCUT2D eigenvalue weighted by Crippen LogP contribution is -2.24. The molecule has 0 saturated carbocycles. The van der Waals surface area contributed by atoms with Crippen molar-refractivity contribution in [3.8, 4) is 5.75 Å². The van der Waals surface area contributed by atoms with E-state index in [1.165, 1.54) is 5.56 Å². The molecule has 112 valence electrons. The van der Waals surface area contributed by atoms with Crippen LogP contribution in [0.4, 0.5) is 5.95 Å². The fraction of sp³-hybridized carbons (Fsp3) is 0.412. The van der Waals surface area contributed by atoms with Crippen LogP contribution in [0.1, 0.15) is 37.6 Å². The highest BCUT2D eigenvalue weighted by Gasteiger charge is 2.15. The van der Waals surface area contributed by atoms with Crippen molar-refractivity contribution in [1.29, 1.82) is 0 Å². The van der Waals surface area contributed by atoms with Crippen molar-refractivity contribution in [3.63, 3.8) is 0 Å². The summed E-state index contributed by atoms with van der Waals surface area (Å²) in [6.07, 6.45) is 1.76. The number of aryl methyl sites for hydroxylation is 2. The monoisotopic (exact) mass is 285 g/mol. The molecule has 0 saturated heterocycles. The van der Waals surface area contributed by atoms with Crippen LogP contribution in [0.15, 0.2) is 30.5 Å². The van der Waals surface area contributed by atoms with Crippen molar-refractivity contribution < 1.29 is 4.74 Å². The molecule has 0 bridgehead atoms. The maximum atomic E-state index is 6.04. The zero-order valence-corrected chi connectivity index (χ0v) is 13.4. The van der Waals surface area contributed by atoms with Crippen LogP contribution < -0.4 is 10.1 Å². The number of nitrogens with one attached hydrogen (secondary N) is 1. The summed E-state index contributed by atoms with van der Waals surface area (Å²) in [5.74, 6) is 1.54. The number of rotatable bonds is 4. The summed E-state index contributed by atoms with van der Waals surface area (Å²) < 4.78 is 6.04. The van der Waals surface area contributed by atoms with Gasteiger partial charge >= 0.3 is 0 Å². The summed E-state index contributed by atoms with van der Waals surface area (Å²) >= 11 is 0. The summed E-state index contributed by atoms with van der Waals surface area (Å²) in [5.41, 5.74) is 3.01. The third-order valence-electron chi connectivity index (χ3n) is 2.87. The number of nitrogens with zero attached hydrogens (tertiary/aromatic N) is 2. The summed E-state index contributed by atoms with van der Waals surface area (Å²) in [5, 5.41) is 3.25. The lowest BCUT2D eigenvalue weighted by molar-refractivity contribution is 0.129. The maximum absolute atomic E-state index is 6.04. The minimum absolute atomic E-state index is 0.220. The molecule has 4 heteroatoms.